The van der Waals surface area contributed by atoms with Crippen molar-refractivity contribution in [1.82, 2.24) is 10.1 Å². The van der Waals surface area contributed by atoms with Crippen molar-refractivity contribution in [1.29, 1.82) is 0 Å². The van der Waals surface area contributed by atoms with Crippen LogP contribution in [0.1, 0.15) is 40.7 Å². The number of hydrogen-bond donors (Lipinski definition) is 0. The molecule has 1 fully saturated rings. The average molecular weight is 327 g/mol. The van der Waals surface area contributed by atoms with Crippen LogP contribution in [-0.4, -0.2) is 22.5 Å². The number of rotatable bonds is 2. The van der Waals surface area contributed by atoms with Gasteiger partial charge in [-0.25, -0.2) is 8.78 Å². The standard InChI is InChI=1S/C15H13ClF2N2O2/c1-8-5-14(22-19-8)13-3-2-4-20(13)15(21)9-6-11(17)12(18)7-10(9)16/h5-7,13H,2-4H2,1H3. The number of carbonyl (C=O) groups excluding carboxylic acids is 1. The third-order valence-corrected chi connectivity index (χ3v) is 4.04. The van der Waals surface area contributed by atoms with Gasteiger partial charge < -0.3 is 9.42 Å². The molecule has 0 bridgehead atoms. The third-order valence-electron chi connectivity index (χ3n) is 3.73. The van der Waals surface area contributed by atoms with Gasteiger partial charge in [-0.05, 0) is 31.9 Å². The van der Waals surface area contributed by atoms with Crippen molar-refractivity contribution >= 4 is 17.5 Å². The molecule has 116 valence electrons. The van der Waals surface area contributed by atoms with Crippen molar-refractivity contribution in [2.24, 2.45) is 0 Å². The molecule has 0 saturated carbocycles. The van der Waals surface area contributed by atoms with E-state index in [0.29, 0.717) is 12.3 Å². The fourth-order valence-corrected chi connectivity index (χ4v) is 2.92. The van der Waals surface area contributed by atoms with Crippen LogP contribution >= 0.6 is 11.6 Å². The minimum Gasteiger partial charge on any atom is -0.359 e. The van der Waals surface area contributed by atoms with E-state index in [9.17, 15) is 13.6 Å². The van der Waals surface area contributed by atoms with E-state index in [1.807, 2.05) is 0 Å². The zero-order valence-corrected chi connectivity index (χ0v) is 12.5. The van der Waals surface area contributed by atoms with Gasteiger partial charge in [-0.2, -0.15) is 0 Å². The number of benzene rings is 1. The predicted molar refractivity (Wildman–Crippen MR) is 75.6 cm³/mol. The normalized spacial score (nSPS) is 18.0. The van der Waals surface area contributed by atoms with E-state index in [2.05, 4.69) is 5.16 Å². The van der Waals surface area contributed by atoms with E-state index < -0.39 is 17.5 Å². The monoisotopic (exact) mass is 326 g/mol. The van der Waals surface area contributed by atoms with Gasteiger partial charge in [0.2, 0.25) is 0 Å². The summed E-state index contributed by atoms with van der Waals surface area (Å²) >= 11 is 5.88. The number of aromatic nitrogens is 1. The summed E-state index contributed by atoms with van der Waals surface area (Å²) in [6.07, 6.45) is 1.51. The molecule has 7 heteroatoms. The molecule has 1 aromatic carbocycles. The lowest BCUT2D eigenvalue weighted by Crippen LogP contribution is -2.30. The molecule has 0 N–H and O–H groups in total. The van der Waals surface area contributed by atoms with Crippen molar-refractivity contribution in [2.45, 2.75) is 25.8 Å². The van der Waals surface area contributed by atoms with Gasteiger partial charge in [0.05, 0.1) is 22.3 Å². The van der Waals surface area contributed by atoms with Crippen LogP contribution in [0.4, 0.5) is 8.78 Å². The number of amides is 1. The molecular formula is C15H13ClF2N2O2. The number of nitrogens with zero attached hydrogens (tertiary/aromatic N) is 2. The first-order valence-corrected chi connectivity index (χ1v) is 7.24. The molecule has 0 radical (unpaired) electrons. The summed E-state index contributed by atoms with van der Waals surface area (Å²) in [6.45, 7) is 2.29. The summed E-state index contributed by atoms with van der Waals surface area (Å²) in [7, 11) is 0. The SMILES string of the molecule is Cc1cc(C2CCCN2C(=O)c2cc(F)c(F)cc2Cl)on1. The Morgan fingerprint density at radius 1 is 1.36 bits per heavy atom. The first kappa shape index (κ1) is 15.0. The minimum atomic E-state index is -1.10. The molecular weight excluding hydrogens is 314 g/mol. The summed E-state index contributed by atoms with van der Waals surface area (Å²) in [4.78, 5) is 14.2. The number of aryl methyl sites for hydroxylation is 1. The van der Waals surface area contributed by atoms with Crippen molar-refractivity contribution in [2.75, 3.05) is 6.54 Å². The van der Waals surface area contributed by atoms with Crippen LogP contribution < -0.4 is 0 Å². The van der Waals surface area contributed by atoms with Crippen LogP contribution in [0.25, 0.3) is 0 Å². The Kier molecular flexibility index (Phi) is 3.87. The predicted octanol–water partition coefficient (Wildman–Crippen LogP) is 3.89. The van der Waals surface area contributed by atoms with Crippen molar-refractivity contribution < 1.29 is 18.1 Å². The lowest BCUT2D eigenvalue weighted by molar-refractivity contribution is 0.0714. The van der Waals surface area contributed by atoms with Gasteiger partial charge in [-0.1, -0.05) is 16.8 Å². The van der Waals surface area contributed by atoms with E-state index in [0.717, 1.165) is 30.7 Å². The zero-order valence-electron chi connectivity index (χ0n) is 11.8. The molecule has 3 rings (SSSR count). The largest absolute Gasteiger partial charge is 0.359 e. The maximum absolute atomic E-state index is 13.4. The van der Waals surface area contributed by atoms with Crippen molar-refractivity contribution in [3.63, 3.8) is 0 Å². The number of carbonyl (C=O) groups is 1. The molecule has 1 unspecified atom stereocenters. The van der Waals surface area contributed by atoms with E-state index in [1.54, 1.807) is 17.9 Å². The highest BCUT2D eigenvalue weighted by molar-refractivity contribution is 6.33. The maximum Gasteiger partial charge on any atom is 0.256 e. The fourth-order valence-electron chi connectivity index (χ4n) is 2.69. The smallest absolute Gasteiger partial charge is 0.256 e. The molecule has 2 heterocycles. The van der Waals surface area contributed by atoms with Crippen LogP contribution in [0.2, 0.25) is 5.02 Å². The Bertz CT molecular complexity index is 732. The summed E-state index contributed by atoms with van der Waals surface area (Å²) in [5, 5.41) is 3.71. The van der Waals surface area contributed by atoms with Gasteiger partial charge in [-0.3, -0.25) is 4.79 Å². The van der Waals surface area contributed by atoms with Crippen LogP contribution in [0, 0.1) is 18.6 Å². The van der Waals surface area contributed by atoms with Gasteiger partial charge in [0.1, 0.15) is 0 Å². The lowest BCUT2D eigenvalue weighted by atomic mass is 10.1. The second-order valence-corrected chi connectivity index (χ2v) is 5.68. The topological polar surface area (TPSA) is 46.3 Å². The molecule has 1 amide bonds. The Hall–Kier alpha value is -1.95. The average Bonchev–Trinajstić information content (AvgIpc) is 3.10. The summed E-state index contributed by atoms with van der Waals surface area (Å²) in [5.74, 6) is -2.04. The van der Waals surface area contributed by atoms with Crippen LogP contribution in [0.5, 0.6) is 0 Å². The maximum atomic E-state index is 13.4. The van der Waals surface area contributed by atoms with E-state index >= 15 is 0 Å². The zero-order chi connectivity index (χ0) is 15.9. The molecule has 1 aromatic heterocycles. The second kappa shape index (κ2) is 5.68. The van der Waals surface area contributed by atoms with Gasteiger partial charge in [0.25, 0.3) is 5.91 Å². The molecule has 1 aliphatic heterocycles. The first-order chi connectivity index (χ1) is 10.5. The molecule has 2 aromatic rings. The van der Waals surface area contributed by atoms with Gasteiger partial charge in [-0.15, -0.1) is 0 Å². The Morgan fingerprint density at radius 3 is 2.77 bits per heavy atom. The lowest BCUT2D eigenvalue weighted by Gasteiger charge is -2.23. The highest BCUT2D eigenvalue weighted by atomic mass is 35.5. The van der Waals surface area contributed by atoms with E-state index in [4.69, 9.17) is 16.1 Å². The quantitative estimate of drug-likeness (QED) is 0.786. The first-order valence-electron chi connectivity index (χ1n) is 6.86. The summed E-state index contributed by atoms with van der Waals surface area (Å²) < 4.78 is 31.8. The van der Waals surface area contributed by atoms with Crippen LogP contribution in [0.15, 0.2) is 22.7 Å². The van der Waals surface area contributed by atoms with Gasteiger partial charge >= 0.3 is 0 Å². The molecule has 1 aliphatic rings. The van der Waals surface area contributed by atoms with Crippen LogP contribution in [0.3, 0.4) is 0 Å². The van der Waals surface area contributed by atoms with Crippen molar-refractivity contribution in [3.8, 4) is 0 Å². The Balaban J connectivity index is 1.92. The minimum absolute atomic E-state index is 0.0521. The molecule has 22 heavy (non-hydrogen) atoms. The van der Waals surface area contributed by atoms with Crippen LogP contribution in [-0.2, 0) is 0 Å². The van der Waals surface area contributed by atoms with Gasteiger partial charge in [0, 0.05) is 12.6 Å². The summed E-state index contributed by atoms with van der Waals surface area (Å²) in [6, 6.07) is 3.15. The highest BCUT2D eigenvalue weighted by Gasteiger charge is 2.34. The summed E-state index contributed by atoms with van der Waals surface area (Å²) in [5.41, 5.74) is 0.670. The Labute approximate surface area is 130 Å². The molecule has 1 saturated heterocycles. The number of halogens is 3. The third kappa shape index (κ3) is 2.59. The highest BCUT2D eigenvalue weighted by Crippen LogP contribution is 2.34. The molecule has 0 aliphatic carbocycles. The molecule has 0 spiro atoms. The molecule has 1 atom stereocenters. The Morgan fingerprint density at radius 2 is 2.09 bits per heavy atom. The van der Waals surface area contributed by atoms with Gasteiger partial charge in [0.15, 0.2) is 17.4 Å². The second-order valence-electron chi connectivity index (χ2n) is 5.27. The number of likely N-dealkylation sites (tertiary alicyclic amines) is 1. The van der Waals surface area contributed by atoms with Crippen molar-refractivity contribution in [3.05, 3.63) is 51.9 Å². The van der Waals surface area contributed by atoms with E-state index in [-0.39, 0.29) is 16.6 Å². The van der Waals surface area contributed by atoms with E-state index in [1.165, 1.54) is 0 Å². The fraction of sp³-hybridized carbons (Fsp3) is 0.333. The number of hydrogen-bond acceptors (Lipinski definition) is 3. The molecule has 4 nitrogen and oxygen atoms in total.